The molecule has 0 aromatic carbocycles. The molecule has 17 heavy (non-hydrogen) atoms. The maximum atomic E-state index is 13.9. The van der Waals surface area contributed by atoms with Crippen LogP contribution in [0.5, 0.6) is 0 Å². The van der Waals surface area contributed by atoms with Crippen LogP contribution in [0.25, 0.3) is 0 Å². The molecular formula is C12H17BrFN3. The molecule has 1 saturated heterocycles. The molecule has 1 N–H and O–H groups in total. The van der Waals surface area contributed by atoms with Gasteiger partial charge in [0.2, 0.25) is 0 Å². The number of nitrogens with zero attached hydrogens (tertiary/aromatic N) is 2. The summed E-state index contributed by atoms with van der Waals surface area (Å²) in [7, 11) is 1.93. The van der Waals surface area contributed by atoms with Crippen molar-refractivity contribution in [2.75, 3.05) is 25.0 Å². The van der Waals surface area contributed by atoms with E-state index in [0.29, 0.717) is 16.3 Å². The predicted molar refractivity (Wildman–Crippen MR) is 70.8 cm³/mol. The van der Waals surface area contributed by atoms with Crippen LogP contribution < -0.4 is 10.2 Å². The van der Waals surface area contributed by atoms with Crippen molar-refractivity contribution in [3.63, 3.8) is 0 Å². The molecule has 0 amide bonds. The maximum Gasteiger partial charge on any atom is 0.166 e. The molecule has 1 unspecified atom stereocenters. The van der Waals surface area contributed by atoms with E-state index in [2.05, 4.69) is 31.1 Å². The summed E-state index contributed by atoms with van der Waals surface area (Å²) in [6, 6.07) is 1.82. The van der Waals surface area contributed by atoms with E-state index in [9.17, 15) is 4.39 Å². The van der Waals surface area contributed by atoms with Gasteiger partial charge in [0.05, 0.1) is 0 Å². The average Bonchev–Trinajstić information content (AvgIpc) is 2.31. The molecule has 94 valence electrons. The summed E-state index contributed by atoms with van der Waals surface area (Å²) >= 11 is 3.23. The van der Waals surface area contributed by atoms with E-state index in [0.717, 1.165) is 25.9 Å². The first-order valence-electron chi connectivity index (χ1n) is 5.94. The van der Waals surface area contributed by atoms with Gasteiger partial charge >= 0.3 is 0 Å². The van der Waals surface area contributed by atoms with E-state index in [1.807, 2.05) is 7.05 Å². The lowest BCUT2D eigenvalue weighted by Gasteiger charge is -2.36. The summed E-state index contributed by atoms with van der Waals surface area (Å²) < 4.78 is 14.6. The van der Waals surface area contributed by atoms with Crippen molar-refractivity contribution in [1.29, 1.82) is 0 Å². The molecule has 0 radical (unpaired) electrons. The van der Waals surface area contributed by atoms with Crippen molar-refractivity contribution in [2.24, 2.45) is 0 Å². The lowest BCUT2D eigenvalue weighted by molar-refractivity contribution is 0.436. The highest BCUT2D eigenvalue weighted by Crippen LogP contribution is 2.26. The van der Waals surface area contributed by atoms with Crippen LogP contribution in [0.3, 0.4) is 0 Å². The third-order valence-electron chi connectivity index (χ3n) is 3.13. The molecule has 2 heterocycles. The van der Waals surface area contributed by atoms with Crippen LogP contribution in [-0.4, -0.2) is 31.2 Å². The molecule has 0 saturated carbocycles. The summed E-state index contributed by atoms with van der Waals surface area (Å²) in [6.07, 6.45) is 5.07. The van der Waals surface area contributed by atoms with Crippen molar-refractivity contribution >= 4 is 21.7 Å². The topological polar surface area (TPSA) is 28.2 Å². The molecule has 0 bridgehead atoms. The fourth-order valence-corrected chi connectivity index (χ4v) is 2.65. The second kappa shape index (κ2) is 5.78. The van der Waals surface area contributed by atoms with Gasteiger partial charge in [-0.3, -0.25) is 0 Å². The normalized spacial score (nSPS) is 20.6. The van der Waals surface area contributed by atoms with Crippen LogP contribution >= 0.6 is 15.9 Å². The Balaban J connectivity index is 2.23. The van der Waals surface area contributed by atoms with Gasteiger partial charge in [0.25, 0.3) is 0 Å². The summed E-state index contributed by atoms with van der Waals surface area (Å²) in [4.78, 5) is 6.30. The lowest BCUT2D eigenvalue weighted by Crippen LogP contribution is -2.45. The molecule has 1 fully saturated rings. The van der Waals surface area contributed by atoms with E-state index in [1.165, 1.54) is 12.5 Å². The van der Waals surface area contributed by atoms with Gasteiger partial charge in [-0.15, -0.1) is 0 Å². The number of piperidine rings is 1. The number of anilines is 1. The van der Waals surface area contributed by atoms with Gasteiger partial charge in [-0.1, -0.05) is 0 Å². The zero-order chi connectivity index (χ0) is 12.3. The summed E-state index contributed by atoms with van der Waals surface area (Å²) in [6.45, 7) is 1.76. The van der Waals surface area contributed by atoms with Gasteiger partial charge in [-0.25, -0.2) is 9.37 Å². The Labute approximate surface area is 110 Å². The average molecular weight is 302 g/mol. The zero-order valence-corrected chi connectivity index (χ0v) is 11.5. The Bertz CT molecular complexity index is 384. The van der Waals surface area contributed by atoms with Gasteiger partial charge < -0.3 is 10.2 Å². The first kappa shape index (κ1) is 12.8. The van der Waals surface area contributed by atoms with Gasteiger partial charge in [0.1, 0.15) is 0 Å². The van der Waals surface area contributed by atoms with Gasteiger partial charge in [0, 0.05) is 29.8 Å². The Morgan fingerprint density at radius 3 is 3.12 bits per heavy atom. The van der Waals surface area contributed by atoms with Crippen LogP contribution in [0, 0.1) is 5.82 Å². The highest BCUT2D eigenvalue weighted by molar-refractivity contribution is 9.10. The highest BCUT2D eigenvalue weighted by atomic mass is 79.9. The second-order valence-electron chi connectivity index (χ2n) is 4.36. The Morgan fingerprint density at radius 1 is 1.59 bits per heavy atom. The number of likely N-dealkylation sites (N-methyl/N-ethyl adjacent to an activating group) is 1. The highest BCUT2D eigenvalue weighted by Gasteiger charge is 2.25. The third kappa shape index (κ3) is 2.96. The zero-order valence-electron chi connectivity index (χ0n) is 9.92. The van der Waals surface area contributed by atoms with E-state index in [-0.39, 0.29) is 5.82 Å². The van der Waals surface area contributed by atoms with Crippen molar-refractivity contribution < 1.29 is 4.39 Å². The van der Waals surface area contributed by atoms with E-state index in [1.54, 1.807) is 6.20 Å². The molecular weight excluding hydrogens is 285 g/mol. The molecule has 1 aliphatic heterocycles. The summed E-state index contributed by atoms with van der Waals surface area (Å²) in [5.74, 6) is 0.232. The molecule has 0 aliphatic carbocycles. The van der Waals surface area contributed by atoms with Crippen molar-refractivity contribution in [2.45, 2.75) is 25.3 Å². The number of pyridine rings is 1. The first-order chi connectivity index (χ1) is 8.22. The molecule has 1 atom stereocenters. The predicted octanol–water partition coefficient (Wildman–Crippen LogP) is 2.56. The van der Waals surface area contributed by atoms with Crippen LogP contribution in [0.15, 0.2) is 16.7 Å². The minimum Gasteiger partial charge on any atom is -0.350 e. The van der Waals surface area contributed by atoms with Gasteiger partial charge in [0.15, 0.2) is 11.6 Å². The minimum absolute atomic E-state index is 0.248. The molecule has 5 heteroatoms. The minimum atomic E-state index is -0.248. The number of hydrogen-bond donors (Lipinski definition) is 1. The van der Waals surface area contributed by atoms with Crippen LogP contribution in [0.2, 0.25) is 0 Å². The van der Waals surface area contributed by atoms with E-state index in [4.69, 9.17) is 0 Å². The van der Waals surface area contributed by atoms with Crippen LogP contribution in [0.4, 0.5) is 10.2 Å². The summed E-state index contributed by atoms with van der Waals surface area (Å²) in [5, 5.41) is 3.17. The quantitative estimate of drug-likeness (QED) is 0.930. The third-order valence-corrected chi connectivity index (χ3v) is 3.56. The largest absolute Gasteiger partial charge is 0.350 e. The standard InChI is InChI=1S/C12H17BrFN3/c1-15-8-10-4-2-3-5-17(10)12-11(14)6-9(13)7-16-12/h6-7,10,15H,2-5,8H2,1H3. The van der Waals surface area contributed by atoms with Crippen molar-refractivity contribution in [1.82, 2.24) is 10.3 Å². The molecule has 1 aromatic rings. The fourth-order valence-electron chi connectivity index (χ4n) is 2.35. The second-order valence-corrected chi connectivity index (χ2v) is 5.28. The Kier molecular flexibility index (Phi) is 4.34. The fraction of sp³-hybridized carbons (Fsp3) is 0.583. The summed E-state index contributed by atoms with van der Waals surface area (Å²) in [5.41, 5.74) is 0. The molecule has 0 spiro atoms. The van der Waals surface area contributed by atoms with Gasteiger partial charge in [-0.2, -0.15) is 0 Å². The lowest BCUT2D eigenvalue weighted by atomic mass is 10.0. The van der Waals surface area contributed by atoms with Crippen LogP contribution in [-0.2, 0) is 0 Å². The SMILES string of the molecule is CNCC1CCCCN1c1ncc(Br)cc1F. The smallest absolute Gasteiger partial charge is 0.166 e. The molecule has 1 aliphatic rings. The monoisotopic (exact) mass is 301 g/mol. The number of hydrogen-bond acceptors (Lipinski definition) is 3. The number of aromatic nitrogens is 1. The number of rotatable bonds is 3. The molecule has 3 nitrogen and oxygen atoms in total. The molecule has 2 rings (SSSR count). The first-order valence-corrected chi connectivity index (χ1v) is 6.74. The van der Waals surface area contributed by atoms with Gasteiger partial charge in [-0.05, 0) is 48.3 Å². The van der Waals surface area contributed by atoms with E-state index < -0.39 is 0 Å². The molecule has 1 aromatic heterocycles. The Hall–Kier alpha value is -0.680. The van der Waals surface area contributed by atoms with Crippen molar-refractivity contribution in [3.8, 4) is 0 Å². The number of nitrogens with one attached hydrogen (secondary N) is 1. The maximum absolute atomic E-state index is 13.9. The number of halogens is 2. The van der Waals surface area contributed by atoms with Crippen LogP contribution in [0.1, 0.15) is 19.3 Å². The van der Waals surface area contributed by atoms with E-state index >= 15 is 0 Å². The van der Waals surface area contributed by atoms with Crippen molar-refractivity contribution in [3.05, 3.63) is 22.6 Å². The Morgan fingerprint density at radius 2 is 2.41 bits per heavy atom.